The fraction of sp³-hybridized carbons (Fsp3) is 0.238. The third-order valence-corrected chi connectivity index (χ3v) is 5.47. The molecule has 1 amide bonds. The van der Waals surface area contributed by atoms with Crippen LogP contribution in [-0.2, 0) is 4.79 Å². The molecule has 0 aromatic heterocycles. The van der Waals surface area contributed by atoms with E-state index in [1.807, 2.05) is 42.6 Å². The average molecular weight is 400 g/mol. The Morgan fingerprint density at radius 1 is 1.04 bits per heavy atom. The first-order valence-corrected chi connectivity index (χ1v) is 9.67. The minimum absolute atomic E-state index is 0.146. The molecular weight excluding hydrogens is 381 g/mol. The zero-order chi connectivity index (χ0) is 19.0. The number of hydrogen-bond donors (Lipinski definition) is 0. The van der Waals surface area contributed by atoms with E-state index >= 15 is 0 Å². The number of amides is 1. The number of benzene rings is 2. The first-order chi connectivity index (χ1) is 13.0. The maximum absolute atomic E-state index is 13.1. The molecule has 0 radical (unpaired) electrons. The maximum Gasteiger partial charge on any atom is 0.278 e. The fourth-order valence-electron chi connectivity index (χ4n) is 3.49. The van der Waals surface area contributed by atoms with Gasteiger partial charge in [0, 0.05) is 47.5 Å². The van der Waals surface area contributed by atoms with Crippen LogP contribution in [0.2, 0.25) is 10.0 Å². The number of halogens is 2. The molecule has 0 bridgehead atoms. The van der Waals surface area contributed by atoms with Crippen LogP contribution >= 0.6 is 23.2 Å². The average Bonchev–Trinajstić information content (AvgIpc) is 3.15. The number of aliphatic imine (C=N–C) groups is 1. The molecule has 6 heteroatoms. The molecule has 2 heterocycles. The molecule has 4 nitrogen and oxygen atoms in total. The lowest BCUT2D eigenvalue weighted by Crippen LogP contribution is -2.28. The predicted molar refractivity (Wildman–Crippen MR) is 111 cm³/mol. The Balaban J connectivity index is 1.95. The number of benzodiazepines with no additional fused rings is 1. The quantitative estimate of drug-likeness (QED) is 0.683. The standard InChI is InChI=1S/C21H19Cl2N3O/c1-25-19-9-8-14(22)12-16(19)20(15-6-2-3-7-17(15)23)24-18(21(25)27)13-26-10-4-5-11-26/h2-3,6-9,12-13H,4-5,10-11H2,1H3. The summed E-state index contributed by atoms with van der Waals surface area (Å²) < 4.78 is 0. The molecule has 0 atom stereocenters. The van der Waals surface area contributed by atoms with Crippen molar-refractivity contribution in [3.63, 3.8) is 0 Å². The fourth-order valence-corrected chi connectivity index (χ4v) is 3.88. The van der Waals surface area contributed by atoms with Gasteiger partial charge in [-0.25, -0.2) is 4.99 Å². The van der Waals surface area contributed by atoms with Gasteiger partial charge >= 0.3 is 0 Å². The monoisotopic (exact) mass is 399 g/mol. The zero-order valence-corrected chi connectivity index (χ0v) is 16.5. The van der Waals surface area contributed by atoms with Crippen molar-refractivity contribution in [3.05, 3.63) is 75.5 Å². The van der Waals surface area contributed by atoms with E-state index < -0.39 is 0 Å². The minimum atomic E-state index is -0.146. The van der Waals surface area contributed by atoms with Gasteiger partial charge in [-0.3, -0.25) is 4.79 Å². The number of likely N-dealkylation sites (tertiary alicyclic amines) is 1. The SMILES string of the molecule is CN1C(=O)C(=CN2CCCC2)N=C(c2ccccc2Cl)c2cc(Cl)ccc21. The number of carbonyl (C=O) groups is 1. The molecule has 138 valence electrons. The molecular formula is C21H19Cl2N3O. The van der Waals surface area contributed by atoms with Gasteiger partial charge in [0.25, 0.3) is 5.91 Å². The lowest BCUT2D eigenvalue weighted by atomic mass is 10.00. The topological polar surface area (TPSA) is 35.9 Å². The summed E-state index contributed by atoms with van der Waals surface area (Å²) in [6.07, 6.45) is 4.13. The lowest BCUT2D eigenvalue weighted by molar-refractivity contribution is -0.114. The highest BCUT2D eigenvalue weighted by atomic mass is 35.5. The Morgan fingerprint density at radius 3 is 2.52 bits per heavy atom. The van der Waals surface area contributed by atoms with Crippen LogP contribution in [0.15, 0.2) is 59.4 Å². The van der Waals surface area contributed by atoms with Gasteiger partial charge in [0.15, 0.2) is 0 Å². The van der Waals surface area contributed by atoms with E-state index in [4.69, 9.17) is 28.2 Å². The smallest absolute Gasteiger partial charge is 0.278 e. The predicted octanol–water partition coefficient (Wildman–Crippen LogP) is 4.74. The van der Waals surface area contributed by atoms with Crippen LogP contribution in [0.25, 0.3) is 0 Å². The first kappa shape index (κ1) is 18.1. The summed E-state index contributed by atoms with van der Waals surface area (Å²) in [6.45, 7) is 1.88. The summed E-state index contributed by atoms with van der Waals surface area (Å²) in [7, 11) is 1.76. The molecule has 2 aliphatic rings. The number of hydrogen-bond acceptors (Lipinski definition) is 3. The van der Waals surface area contributed by atoms with E-state index in [0.29, 0.717) is 21.5 Å². The third kappa shape index (κ3) is 3.47. The molecule has 2 aromatic carbocycles. The molecule has 27 heavy (non-hydrogen) atoms. The van der Waals surface area contributed by atoms with E-state index in [1.54, 1.807) is 18.0 Å². The number of likely N-dealkylation sites (N-methyl/N-ethyl adjacent to an activating group) is 1. The Morgan fingerprint density at radius 2 is 1.78 bits per heavy atom. The third-order valence-electron chi connectivity index (χ3n) is 4.91. The van der Waals surface area contributed by atoms with E-state index in [1.165, 1.54) is 0 Å². The highest BCUT2D eigenvalue weighted by Crippen LogP contribution is 2.33. The van der Waals surface area contributed by atoms with Gasteiger partial charge in [-0.05, 0) is 37.1 Å². The molecule has 0 aliphatic carbocycles. The molecule has 2 aromatic rings. The molecule has 2 aliphatic heterocycles. The summed E-state index contributed by atoms with van der Waals surface area (Å²) in [5, 5.41) is 1.17. The van der Waals surface area contributed by atoms with Crippen molar-refractivity contribution >= 4 is 40.5 Å². The molecule has 0 saturated carbocycles. The summed E-state index contributed by atoms with van der Waals surface area (Å²) >= 11 is 12.7. The highest BCUT2D eigenvalue weighted by molar-refractivity contribution is 6.37. The Labute approximate surface area is 168 Å². The van der Waals surface area contributed by atoms with Crippen LogP contribution in [0.4, 0.5) is 5.69 Å². The second-order valence-corrected chi connectivity index (χ2v) is 7.57. The van der Waals surface area contributed by atoms with E-state index in [-0.39, 0.29) is 5.91 Å². The summed E-state index contributed by atoms with van der Waals surface area (Å²) in [4.78, 5) is 21.7. The highest BCUT2D eigenvalue weighted by Gasteiger charge is 2.28. The maximum atomic E-state index is 13.1. The van der Waals surface area contributed by atoms with Crippen molar-refractivity contribution in [2.24, 2.45) is 4.99 Å². The van der Waals surface area contributed by atoms with Crippen molar-refractivity contribution in [2.75, 3.05) is 25.0 Å². The van der Waals surface area contributed by atoms with Gasteiger partial charge in [-0.1, -0.05) is 41.4 Å². The van der Waals surface area contributed by atoms with Crippen molar-refractivity contribution in [1.29, 1.82) is 0 Å². The Bertz CT molecular complexity index is 962. The van der Waals surface area contributed by atoms with Crippen LogP contribution in [0, 0.1) is 0 Å². The molecule has 0 unspecified atom stereocenters. The molecule has 1 fully saturated rings. The van der Waals surface area contributed by atoms with Gasteiger partial charge in [0.2, 0.25) is 0 Å². The largest absolute Gasteiger partial charge is 0.375 e. The van der Waals surface area contributed by atoms with Gasteiger partial charge in [-0.2, -0.15) is 0 Å². The van der Waals surface area contributed by atoms with Crippen molar-refractivity contribution in [1.82, 2.24) is 4.90 Å². The lowest BCUT2D eigenvalue weighted by Gasteiger charge is -2.19. The number of rotatable bonds is 2. The minimum Gasteiger partial charge on any atom is -0.375 e. The number of nitrogens with zero attached hydrogens (tertiary/aromatic N) is 3. The van der Waals surface area contributed by atoms with Crippen molar-refractivity contribution < 1.29 is 4.79 Å². The summed E-state index contributed by atoms with van der Waals surface area (Å²) in [6, 6.07) is 13.0. The van der Waals surface area contributed by atoms with Crippen LogP contribution in [0.1, 0.15) is 24.0 Å². The van der Waals surface area contributed by atoms with Crippen molar-refractivity contribution in [3.8, 4) is 0 Å². The summed E-state index contributed by atoms with van der Waals surface area (Å²) in [5.74, 6) is -0.146. The molecule has 0 spiro atoms. The van der Waals surface area contributed by atoms with Crippen LogP contribution < -0.4 is 4.90 Å². The van der Waals surface area contributed by atoms with Crippen LogP contribution in [-0.4, -0.2) is 36.7 Å². The number of carbonyl (C=O) groups excluding carboxylic acids is 1. The van der Waals surface area contributed by atoms with E-state index in [2.05, 4.69) is 4.90 Å². The molecule has 4 rings (SSSR count). The zero-order valence-electron chi connectivity index (χ0n) is 15.0. The van der Waals surface area contributed by atoms with Crippen LogP contribution in [0.3, 0.4) is 0 Å². The van der Waals surface area contributed by atoms with Gasteiger partial charge < -0.3 is 9.80 Å². The van der Waals surface area contributed by atoms with Gasteiger partial charge in [-0.15, -0.1) is 0 Å². The number of anilines is 1. The van der Waals surface area contributed by atoms with E-state index in [0.717, 1.165) is 42.7 Å². The van der Waals surface area contributed by atoms with E-state index in [9.17, 15) is 4.79 Å². The second-order valence-electron chi connectivity index (χ2n) is 6.72. The van der Waals surface area contributed by atoms with Crippen molar-refractivity contribution in [2.45, 2.75) is 12.8 Å². The molecule has 1 saturated heterocycles. The second kappa shape index (κ2) is 7.37. The normalized spacial score (nSPS) is 18.6. The molecule has 0 N–H and O–H groups in total. The first-order valence-electron chi connectivity index (χ1n) is 8.92. The van der Waals surface area contributed by atoms with Gasteiger partial charge in [0.1, 0.15) is 5.70 Å². The van der Waals surface area contributed by atoms with Crippen LogP contribution in [0.5, 0.6) is 0 Å². The number of fused-ring (bicyclic) bond motifs is 1. The Hall–Kier alpha value is -2.30. The Kier molecular flexibility index (Phi) is 4.94. The summed E-state index contributed by atoms with van der Waals surface area (Å²) in [5.41, 5.74) is 3.38. The van der Waals surface area contributed by atoms with Gasteiger partial charge in [0.05, 0.1) is 11.4 Å².